The van der Waals surface area contributed by atoms with Crippen LogP contribution >= 0.6 is 0 Å². The Kier molecular flexibility index (Phi) is 5.10. The quantitative estimate of drug-likeness (QED) is 0.796. The average Bonchev–Trinajstić information content (AvgIpc) is 3.15. The van der Waals surface area contributed by atoms with Crippen LogP contribution in [-0.4, -0.2) is 53.7 Å². The maximum absolute atomic E-state index is 13.6. The average molecular weight is 401 g/mol. The lowest BCUT2D eigenvalue weighted by atomic mass is 9.51. The zero-order valence-corrected chi connectivity index (χ0v) is 17.2. The van der Waals surface area contributed by atoms with Gasteiger partial charge in [0.2, 0.25) is 11.8 Å². The maximum Gasteiger partial charge on any atom is 0.250 e. The number of H-pyrrole nitrogens is 1. The van der Waals surface area contributed by atoms with Crippen molar-refractivity contribution in [1.29, 1.82) is 0 Å². The molecule has 29 heavy (non-hydrogen) atoms. The van der Waals surface area contributed by atoms with Gasteiger partial charge in [0.25, 0.3) is 0 Å². The number of nitrogens with one attached hydrogen (secondary N) is 2. The Bertz CT molecular complexity index is 748. The molecule has 5 aliphatic rings. The summed E-state index contributed by atoms with van der Waals surface area (Å²) in [5, 5.41) is 10.1. The molecule has 1 aromatic heterocycles. The second-order valence-corrected chi connectivity index (χ2v) is 9.76. The summed E-state index contributed by atoms with van der Waals surface area (Å²) in [4.78, 5) is 27.6. The van der Waals surface area contributed by atoms with E-state index in [4.69, 9.17) is 4.74 Å². The lowest BCUT2D eigenvalue weighted by molar-refractivity contribution is -0.150. The molecule has 1 saturated heterocycles. The summed E-state index contributed by atoms with van der Waals surface area (Å²) < 4.78 is 4.90. The third-order valence-corrected chi connectivity index (χ3v) is 7.87. The summed E-state index contributed by atoms with van der Waals surface area (Å²) in [5.74, 6) is 3.66. The van der Waals surface area contributed by atoms with Crippen molar-refractivity contribution >= 4 is 17.5 Å². The lowest BCUT2D eigenvalue weighted by Gasteiger charge is -2.54. The molecule has 0 unspecified atom stereocenters. The van der Waals surface area contributed by atoms with Gasteiger partial charge in [-0.15, -0.1) is 0 Å². The first-order valence-corrected chi connectivity index (χ1v) is 11.2. The molecule has 0 spiro atoms. The Morgan fingerprint density at radius 1 is 1.21 bits per heavy atom. The predicted octanol–water partition coefficient (Wildman–Crippen LogP) is 2.77. The number of hydrogen-bond donors (Lipinski definition) is 2. The monoisotopic (exact) mass is 400 g/mol. The van der Waals surface area contributed by atoms with Gasteiger partial charge in [-0.25, -0.2) is 0 Å². The fourth-order valence-corrected chi connectivity index (χ4v) is 6.98. The number of ether oxygens (including phenoxy) is 1. The standard InChI is InChI=1S/C22H32N4O3/c1-29-12-19(27)24-18-10-23-25-21(18)15-3-2-4-26(11-15)22(28)20-16-6-13-5-14(8-16)9-17(20)7-13/h10,13-17,20H,2-9,11-12H2,1H3,(H,23,25)(H,24,27)/t13?,14?,15-,16?,17?,20?/m1/s1. The number of rotatable bonds is 5. The molecule has 2 heterocycles. The van der Waals surface area contributed by atoms with Gasteiger partial charge in [-0.05, 0) is 68.6 Å². The predicted molar refractivity (Wildman–Crippen MR) is 108 cm³/mol. The van der Waals surface area contributed by atoms with Crippen LogP contribution < -0.4 is 5.32 Å². The fraction of sp³-hybridized carbons (Fsp3) is 0.773. The first-order valence-electron chi connectivity index (χ1n) is 11.2. The van der Waals surface area contributed by atoms with Gasteiger partial charge in [0.15, 0.2) is 0 Å². The van der Waals surface area contributed by atoms with E-state index in [0.717, 1.165) is 43.5 Å². The van der Waals surface area contributed by atoms with Crippen molar-refractivity contribution in [2.75, 3.05) is 32.1 Å². The molecule has 2 N–H and O–H groups in total. The number of aromatic amines is 1. The Morgan fingerprint density at radius 3 is 2.62 bits per heavy atom. The van der Waals surface area contributed by atoms with Crippen molar-refractivity contribution < 1.29 is 14.3 Å². The molecule has 4 aliphatic carbocycles. The van der Waals surface area contributed by atoms with Crippen LogP contribution in [0.4, 0.5) is 5.69 Å². The summed E-state index contributed by atoms with van der Waals surface area (Å²) in [6.45, 7) is 1.60. The van der Waals surface area contributed by atoms with Gasteiger partial charge in [0.05, 0.1) is 17.6 Å². The SMILES string of the molecule is COCC(=O)Nc1cn[nH]c1[C@@H]1CCCN(C(=O)C2C3CC4CC(C3)CC2C4)C1. The molecule has 1 aromatic rings. The Hall–Kier alpha value is -1.89. The number of methoxy groups -OCH3 is 1. The highest BCUT2D eigenvalue weighted by atomic mass is 16.5. The van der Waals surface area contributed by atoms with Crippen LogP contribution in [0.5, 0.6) is 0 Å². The van der Waals surface area contributed by atoms with E-state index in [1.165, 1.54) is 39.2 Å². The van der Waals surface area contributed by atoms with E-state index in [0.29, 0.717) is 23.4 Å². The molecule has 158 valence electrons. The van der Waals surface area contributed by atoms with Gasteiger partial charge >= 0.3 is 0 Å². The Morgan fingerprint density at radius 2 is 1.93 bits per heavy atom. The molecule has 7 heteroatoms. The third kappa shape index (κ3) is 3.58. The van der Waals surface area contributed by atoms with E-state index < -0.39 is 0 Å². The fourth-order valence-electron chi connectivity index (χ4n) is 6.98. The normalized spacial score (nSPS) is 35.7. The molecular formula is C22H32N4O3. The summed E-state index contributed by atoms with van der Waals surface area (Å²) in [5.41, 5.74) is 1.64. The molecule has 7 nitrogen and oxygen atoms in total. The minimum Gasteiger partial charge on any atom is -0.375 e. The number of nitrogens with zero attached hydrogens (tertiary/aromatic N) is 2. The molecule has 6 rings (SSSR count). The zero-order chi connectivity index (χ0) is 20.0. The van der Waals surface area contributed by atoms with E-state index in [-0.39, 0.29) is 24.3 Å². The van der Waals surface area contributed by atoms with Crippen LogP contribution in [0.25, 0.3) is 0 Å². The van der Waals surface area contributed by atoms with Gasteiger partial charge in [0, 0.05) is 32.0 Å². The van der Waals surface area contributed by atoms with Crippen LogP contribution in [0.1, 0.15) is 56.6 Å². The van der Waals surface area contributed by atoms with E-state index in [9.17, 15) is 9.59 Å². The number of hydrogen-bond acceptors (Lipinski definition) is 4. The van der Waals surface area contributed by atoms with Gasteiger partial charge in [-0.2, -0.15) is 5.10 Å². The van der Waals surface area contributed by atoms with Gasteiger partial charge in [-0.1, -0.05) is 0 Å². The van der Waals surface area contributed by atoms with Crippen LogP contribution in [-0.2, 0) is 14.3 Å². The van der Waals surface area contributed by atoms with Crippen LogP contribution in [0.2, 0.25) is 0 Å². The number of likely N-dealkylation sites (tertiary alicyclic amines) is 1. The number of carbonyl (C=O) groups is 2. The topological polar surface area (TPSA) is 87.3 Å². The first-order chi connectivity index (χ1) is 14.1. The van der Waals surface area contributed by atoms with Gasteiger partial charge in [0.1, 0.15) is 6.61 Å². The number of aromatic nitrogens is 2. The summed E-state index contributed by atoms with van der Waals surface area (Å²) >= 11 is 0. The second-order valence-electron chi connectivity index (χ2n) is 9.76. The molecular weight excluding hydrogens is 368 g/mol. The smallest absolute Gasteiger partial charge is 0.250 e. The van der Waals surface area contributed by atoms with Crippen molar-refractivity contribution in [3.8, 4) is 0 Å². The summed E-state index contributed by atoms with van der Waals surface area (Å²) in [6.07, 6.45) is 10.2. The number of carbonyl (C=O) groups excluding carboxylic acids is 2. The van der Waals surface area contributed by atoms with Crippen molar-refractivity contribution in [3.05, 3.63) is 11.9 Å². The Labute approximate surface area is 171 Å². The van der Waals surface area contributed by atoms with Gasteiger partial charge in [-0.3, -0.25) is 14.7 Å². The number of anilines is 1. The first kappa shape index (κ1) is 19.1. The van der Waals surface area contributed by atoms with Crippen molar-refractivity contribution in [1.82, 2.24) is 15.1 Å². The molecule has 1 aliphatic heterocycles. The van der Waals surface area contributed by atoms with Crippen molar-refractivity contribution in [3.63, 3.8) is 0 Å². The maximum atomic E-state index is 13.6. The largest absolute Gasteiger partial charge is 0.375 e. The van der Waals surface area contributed by atoms with E-state index >= 15 is 0 Å². The van der Waals surface area contributed by atoms with Crippen LogP contribution in [0, 0.1) is 29.6 Å². The second kappa shape index (κ2) is 7.74. The van der Waals surface area contributed by atoms with E-state index in [1.807, 2.05) is 0 Å². The Balaban J connectivity index is 1.27. The van der Waals surface area contributed by atoms with Crippen LogP contribution in [0.15, 0.2) is 6.20 Å². The van der Waals surface area contributed by atoms with E-state index in [2.05, 4.69) is 20.4 Å². The minimum atomic E-state index is -0.188. The zero-order valence-electron chi connectivity index (χ0n) is 17.2. The highest BCUT2D eigenvalue weighted by Crippen LogP contribution is 2.57. The van der Waals surface area contributed by atoms with Crippen LogP contribution in [0.3, 0.4) is 0 Å². The highest BCUT2D eigenvalue weighted by molar-refractivity contribution is 5.92. The lowest BCUT2D eigenvalue weighted by Crippen LogP contribution is -2.53. The van der Waals surface area contributed by atoms with Crippen molar-refractivity contribution in [2.45, 2.75) is 50.9 Å². The molecule has 1 atom stereocenters. The third-order valence-electron chi connectivity index (χ3n) is 7.87. The number of amides is 2. The minimum absolute atomic E-state index is 0.0202. The molecule has 0 radical (unpaired) electrons. The van der Waals surface area contributed by atoms with Crippen molar-refractivity contribution in [2.24, 2.45) is 29.6 Å². The highest BCUT2D eigenvalue weighted by Gasteiger charge is 2.51. The molecule has 4 saturated carbocycles. The molecule has 4 bridgehead atoms. The number of piperidine rings is 1. The summed E-state index contributed by atoms with van der Waals surface area (Å²) in [7, 11) is 1.50. The molecule has 2 amide bonds. The summed E-state index contributed by atoms with van der Waals surface area (Å²) in [6, 6.07) is 0. The molecule has 0 aromatic carbocycles. The van der Waals surface area contributed by atoms with E-state index in [1.54, 1.807) is 6.20 Å². The van der Waals surface area contributed by atoms with Gasteiger partial charge < -0.3 is 15.0 Å². The molecule has 5 fully saturated rings.